The monoisotopic (exact) mass is 345 g/mol. The van der Waals surface area contributed by atoms with Crippen molar-refractivity contribution >= 4 is 11.7 Å². The van der Waals surface area contributed by atoms with E-state index in [2.05, 4.69) is 4.74 Å². The van der Waals surface area contributed by atoms with Crippen molar-refractivity contribution in [1.29, 1.82) is 0 Å². The van der Waals surface area contributed by atoms with Gasteiger partial charge in [-0.1, -0.05) is 0 Å². The highest BCUT2D eigenvalue weighted by Gasteiger charge is 2.42. The molecule has 0 saturated heterocycles. The Morgan fingerprint density at radius 2 is 1.74 bits per heavy atom. The summed E-state index contributed by atoms with van der Waals surface area (Å²) in [6.45, 7) is 1.15. The fraction of sp³-hybridized carbons (Fsp3) is 0.417. The number of hydrogen-bond acceptors (Lipinski definition) is 4. The number of halogens is 6. The number of nitrogens with zero attached hydrogens (tertiary/aromatic N) is 1. The Bertz CT molecular complexity index is 623. The van der Waals surface area contributed by atoms with E-state index in [1.165, 1.54) is 6.92 Å². The molecular weight excluding hydrogens is 336 g/mol. The third kappa shape index (κ3) is 4.57. The van der Waals surface area contributed by atoms with Crippen molar-refractivity contribution in [3.63, 3.8) is 0 Å². The molecule has 128 valence electrons. The summed E-state index contributed by atoms with van der Waals surface area (Å²) in [5.41, 5.74) is -6.34. The molecule has 0 fully saturated rings. The van der Waals surface area contributed by atoms with E-state index in [0.29, 0.717) is 0 Å². The number of hydrogen-bond donors (Lipinski definition) is 0. The fourth-order valence-corrected chi connectivity index (χ4v) is 1.78. The number of benzene rings is 1. The van der Waals surface area contributed by atoms with Crippen LogP contribution >= 0.6 is 0 Å². The van der Waals surface area contributed by atoms with E-state index in [4.69, 9.17) is 0 Å². The molecule has 0 unspecified atom stereocenters. The molecule has 5 nitrogen and oxygen atoms in total. The highest BCUT2D eigenvalue weighted by atomic mass is 19.4. The van der Waals surface area contributed by atoms with Gasteiger partial charge >= 0.3 is 18.3 Å². The Morgan fingerprint density at radius 3 is 2.13 bits per heavy atom. The SMILES string of the molecule is CCOC(=O)Cc1c([N+](=O)[O-])cc(C(F)(F)F)cc1C(F)(F)F. The van der Waals surface area contributed by atoms with Gasteiger partial charge in [0.15, 0.2) is 0 Å². The van der Waals surface area contributed by atoms with Crippen LogP contribution in [-0.4, -0.2) is 17.5 Å². The van der Waals surface area contributed by atoms with E-state index in [0.717, 1.165) is 0 Å². The second-order valence-electron chi connectivity index (χ2n) is 4.26. The fourth-order valence-electron chi connectivity index (χ4n) is 1.78. The number of nitro groups is 1. The minimum atomic E-state index is -5.31. The van der Waals surface area contributed by atoms with Crippen LogP contribution < -0.4 is 0 Å². The predicted octanol–water partition coefficient (Wildman–Crippen LogP) is 3.74. The van der Waals surface area contributed by atoms with Crippen LogP contribution in [0, 0.1) is 10.1 Å². The summed E-state index contributed by atoms with van der Waals surface area (Å²) < 4.78 is 81.2. The van der Waals surface area contributed by atoms with E-state index in [9.17, 15) is 41.3 Å². The van der Waals surface area contributed by atoms with Crippen molar-refractivity contribution in [1.82, 2.24) is 0 Å². The van der Waals surface area contributed by atoms with Crippen LogP contribution in [0.15, 0.2) is 12.1 Å². The summed E-state index contributed by atoms with van der Waals surface area (Å²) in [5.74, 6) is -1.22. The average Bonchev–Trinajstić information content (AvgIpc) is 2.35. The van der Waals surface area contributed by atoms with Gasteiger partial charge in [-0.25, -0.2) is 0 Å². The minimum absolute atomic E-state index is 0.0379. The lowest BCUT2D eigenvalue weighted by Gasteiger charge is -2.16. The van der Waals surface area contributed by atoms with Gasteiger partial charge in [0.2, 0.25) is 0 Å². The first-order valence-corrected chi connectivity index (χ1v) is 5.99. The van der Waals surface area contributed by atoms with E-state index in [-0.39, 0.29) is 18.7 Å². The predicted molar refractivity (Wildman–Crippen MR) is 63.4 cm³/mol. The van der Waals surface area contributed by atoms with Crippen LogP contribution in [0.2, 0.25) is 0 Å². The summed E-state index contributed by atoms with van der Waals surface area (Å²) in [6.07, 6.45) is -11.7. The molecule has 0 aliphatic carbocycles. The van der Waals surface area contributed by atoms with Crippen molar-refractivity contribution in [2.24, 2.45) is 0 Å². The maximum absolute atomic E-state index is 13.0. The summed E-state index contributed by atoms with van der Waals surface area (Å²) in [5, 5.41) is 10.8. The Balaban J connectivity index is 3.63. The molecule has 0 aliphatic heterocycles. The third-order valence-electron chi connectivity index (χ3n) is 2.68. The molecule has 0 radical (unpaired) electrons. The van der Waals surface area contributed by atoms with Gasteiger partial charge in [-0.15, -0.1) is 0 Å². The molecule has 0 saturated carbocycles. The maximum atomic E-state index is 13.0. The summed E-state index contributed by atoms with van der Waals surface area (Å²) >= 11 is 0. The number of alkyl halides is 6. The topological polar surface area (TPSA) is 69.4 Å². The lowest BCUT2D eigenvalue weighted by Crippen LogP contribution is -2.18. The smallest absolute Gasteiger partial charge is 0.416 e. The Morgan fingerprint density at radius 1 is 1.17 bits per heavy atom. The second-order valence-corrected chi connectivity index (χ2v) is 4.26. The van der Waals surface area contributed by atoms with E-state index in [1.807, 2.05) is 0 Å². The van der Waals surface area contributed by atoms with Crippen LogP contribution in [0.3, 0.4) is 0 Å². The van der Waals surface area contributed by atoms with Crippen LogP contribution in [0.4, 0.5) is 32.0 Å². The second kappa shape index (κ2) is 6.42. The molecule has 23 heavy (non-hydrogen) atoms. The summed E-state index contributed by atoms with van der Waals surface area (Å²) in [6, 6.07) is -0.300. The molecule has 0 amide bonds. The molecule has 0 N–H and O–H groups in total. The molecular formula is C12H9F6NO4. The standard InChI is InChI=1S/C12H9F6NO4/c1-2-23-10(20)5-7-8(12(16,17)18)3-6(11(13,14)15)4-9(7)19(21)22/h3-4H,2,5H2,1H3. The molecule has 1 aromatic rings. The molecule has 0 heterocycles. The Labute approximate surface area is 125 Å². The Kier molecular flexibility index (Phi) is 5.23. The summed E-state index contributed by atoms with van der Waals surface area (Å²) in [7, 11) is 0. The number of esters is 1. The molecule has 0 aliphatic rings. The molecule has 0 aromatic heterocycles. The van der Waals surface area contributed by atoms with Gasteiger partial charge in [0.1, 0.15) is 0 Å². The van der Waals surface area contributed by atoms with Crippen molar-refractivity contribution in [2.75, 3.05) is 6.61 Å². The zero-order valence-corrected chi connectivity index (χ0v) is 11.4. The Hall–Kier alpha value is -2.33. The average molecular weight is 345 g/mol. The van der Waals surface area contributed by atoms with Gasteiger partial charge in [-0.2, -0.15) is 26.3 Å². The van der Waals surface area contributed by atoms with E-state index in [1.54, 1.807) is 0 Å². The lowest BCUT2D eigenvalue weighted by atomic mass is 9.98. The lowest BCUT2D eigenvalue weighted by molar-refractivity contribution is -0.386. The first-order valence-electron chi connectivity index (χ1n) is 5.99. The number of carbonyl (C=O) groups is 1. The number of carbonyl (C=O) groups excluding carboxylic acids is 1. The first-order chi connectivity index (χ1) is 10.4. The van der Waals surface area contributed by atoms with Gasteiger partial charge in [-0.05, 0) is 13.0 Å². The minimum Gasteiger partial charge on any atom is -0.466 e. The quantitative estimate of drug-likeness (QED) is 0.361. The van der Waals surface area contributed by atoms with Gasteiger partial charge in [0.25, 0.3) is 5.69 Å². The molecule has 11 heteroatoms. The molecule has 1 rings (SSSR count). The third-order valence-corrected chi connectivity index (χ3v) is 2.68. The molecule has 1 aromatic carbocycles. The van der Waals surface area contributed by atoms with Crippen LogP contribution in [0.5, 0.6) is 0 Å². The van der Waals surface area contributed by atoms with Crippen molar-refractivity contribution in [2.45, 2.75) is 25.7 Å². The number of rotatable bonds is 4. The number of ether oxygens (including phenoxy) is 1. The number of nitro benzene ring substituents is 1. The van der Waals surface area contributed by atoms with Crippen LogP contribution in [0.25, 0.3) is 0 Å². The first kappa shape index (κ1) is 18.7. The highest BCUT2D eigenvalue weighted by molar-refractivity contribution is 5.75. The molecule has 0 spiro atoms. The van der Waals surface area contributed by atoms with Crippen molar-refractivity contribution in [3.8, 4) is 0 Å². The van der Waals surface area contributed by atoms with Crippen molar-refractivity contribution < 1.29 is 40.8 Å². The zero-order chi connectivity index (χ0) is 18.0. The largest absolute Gasteiger partial charge is 0.466 e. The normalized spacial score (nSPS) is 12.1. The molecule has 0 bridgehead atoms. The van der Waals surface area contributed by atoms with Gasteiger partial charge in [0.05, 0.1) is 34.6 Å². The van der Waals surface area contributed by atoms with Gasteiger partial charge < -0.3 is 4.74 Å². The van der Waals surface area contributed by atoms with Gasteiger partial charge in [0, 0.05) is 6.07 Å². The summed E-state index contributed by atoms with van der Waals surface area (Å²) in [4.78, 5) is 20.7. The van der Waals surface area contributed by atoms with Crippen LogP contribution in [0.1, 0.15) is 23.6 Å². The van der Waals surface area contributed by atoms with Crippen LogP contribution in [-0.2, 0) is 28.3 Å². The molecule has 0 atom stereocenters. The zero-order valence-electron chi connectivity index (χ0n) is 11.4. The van der Waals surface area contributed by atoms with Crippen molar-refractivity contribution in [3.05, 3.63) is 38.9 Å². The van der Waals surface area contributed by atoms with E-state index < -0.39 is 52.0 Å². The van der Waals surface area contributed by atoms with Gasteiger partial charge in [-0.3, -0.25) is 14.9 Å². The van der Waals surface area contributed by atoms with E-state index >= 15 is 0 Å². The highest BCUT2D eigenvalue weighted by Crippen LogP contribution is 2.41. The maximum Gasteiger partial charge on any atom is 0.416 e.